The van der Waals surface area contributed by atoms with Gasteiger partial charge in [0.2, 0.25) is 24.2 Å². The van der Waals surface area contributed by atoms with Crippen molar-refractivity contribution >= 4 is 11.9 Å². The number of hydrogen-bond acceptors (Lipinski definition) is 10. The van der Waals surface area contributed by atoms with Crippen LogP contribution in [0.4, 0.5) is 0 Å². The Morgan fingerprint density at radius 2 is 0.950 bits per heavy atom. The van der Waals surface area contributed by atoms with Crippen LogP contribution in [0.3, 0.4) is 0 Å². The van der Waals surface area contributed by atoms with Gasteiger partial charge in [-0.1, -0.05) is 27.7 Å². The van der Waals surface area contributed by atoms with Crippen LogP contribution >= 0.6 is 0 Å². The molecule has 0 radical (unpaired) electrons. The monoisotopic (exact) mass is 564 g/mol. The summed E-state index contributed by atoms with van der Waals surface area (Å²) in [5.74, 6) is -0.274. The lowest BCUT2D eigenvalue weighted by atomic mass is 9.58. The largest absolute Gasteiger partial charge is 0.432 e. The lowest BCUT2D eigenvalue weighted by Gasteiger charge is -2.57. The second-order valence-electron chi connectivity index (χ2n) is 14.3. The zero-order chi connectivity index (χ0) is 28.2. The molecule has 2 spiro atoms. The van der Waals surface area contributed by atoms with Gasteiger partial charge in [0.25, 0.3) is 0 Å². The molecule has 4 bridgehead atoms. The first-order chi connectivity index (χ1) is 18.9. The van der Waals surface area contributed by atoms with E-state index in [-0.39, 0.29) is 35.6 Å². The van der Waals surface area contributed by atoms with Crippen LogP contribution < -0.4 is 0 Å². The van der Waals surface area contributed by atoms with E-state index in [1.807, 2.05) is 27.7 Å². The summed E-state index contributed by atoms with van der Waals surface area (Å²) in [6.45, 7) is 12.1. The molecule has 10 aliphatic rings. The number of hydrogen-bond donors (Lipinski definition) is 0. The van der Waals surface area contributed by atoms with Crippen LogP contribution in [0.15, 0.2) is 0 Å². The Morgan fingerprint density at radius 3 is 1.35 bits per heavy atom. The maximum atomic E-state index is 12.1. The van der Waals surface area contributed by atoms with E-state index in [1.165, 1.54) is 0 Å². The van der Waals surface area contributed by atoms with Crippen molar-refractivity contribution in [1.82, 2.24) is 0 Å². The molecule has 0 aromatic carbocycles. The van der Waals surface area contributed by atoms with Crippen molar-refractivity contribution in [1.29, 1.82) is 0 Å². The molecule has 10 rings (SSSR count). The molecule has 0 aromatic rings. The Bertz CT molecular complexity index is 985. The van der Waals surface area contributed by atoms with Crippen LogP contribution in [0, 0.1) is 47.3 Å². The second kappa shape index (κ2) is 9.10. The van der Waals surface area contributed by atoms with Crippen LogP contribution in [0.5, 0.6) is 0 Å². The summed E-state index contributed by atoms with van der Waals surface area (Å²) >= 11 is 0. The Morgan fingerprint density at radius 1 is 0.550 bits per heavy atom. The van der Waals surface area contributed by atoms with Crippen molar-refractivity contribution < 1.29 is 48.1 Å². The zero-order valence-electron chi connectivity index (χ0n) is 24.5. The van der Waals surface area contributed by atoms with Crippen LogP contribution in [0.25, 0.3) is 0 Å². The van der Waals surface area contributed by atoms with Crippen LogP contribution in [-0.4, -0.2) is 47.3 Å². The van der Waals surface area contributed by atoms with Crippen LogP contribution in [0.1, 0.15) is 92.9 Å². The van der Waals surface area contributed by atoms with Crippen molar-refractivity contribution in [2.24, 2.45) is 47.3 Å². The van der Waals surface area contributed by atoms with Gasteiger partial charge < -0.3 is 18.9 Å². The van der Waals surface area contributed by atoms with Crippen LogP contribution in [0.2, 0.25) is 0 Å². The molecule has 0 amide bonds. The summed E-state index contributed by atoms with van der Waals surface area (Å²) in [6, 6.07) is 0. The molecule has 2 saturated carbocycles. The van der Waals surface area contributed by atoms with Crippen molar-refractivity contribution in [3.8, 4) is 0 Å². The Balaban J connectivity index is 0.000000132. The van der Waals surface area contributed by atoms with E-state index in [4.69, 9.17) is 38.5 Å². The highest BCUT2D eigenvalue weighted by Crippen LogP contribution is 2.61. The lowest BCUT2D eigenvalue weighted by Crippen LogP contribution is -2.69. The molecular formula is C30H44O10. The van der Waals surface area contributed by atoms with Crippen LogP contribution in [-0.2, 0) is 48.1 Å². The minimum Gasteiger partial charge on any atom is -0.432 e. The van der Waals surface area contributed by atoms with E-state index in [0.717, 1.165) is 51.4 Å². The van der Waals surface area contributed by atoms with Gasteiger partial charge >= 0.3 is 11.9 Å². The Labute approximate surface area is 235 Å². The lowest BCUT2D eigenvalue weighted by molar-refractivity contribution is -0.559. The van der Waals surface area contributed by atoms with E-state index < -0.39 is 35.4 Å². The van der Waals surface area contributed by atoms with E-state index in [1.54, 1.807) is 0 Å². The smallest absolute Gasteiger partial charge is 0.311 e. The van der Waals surface area contributed by atoms with Gasteiger partial charge in [-0.2, -0.15) is 0 Å². The fourth-order valence-corrected chi connectivity index (χ4v) is 9.52. The second-order valence-corrected chi connectivity index (χ2v) is 14.3. The average molecular weight is 565 g/mol. The molecule has 2 aliphatic carbocycles. The zero-order valence-corrected chi connectivity index (χ0v) is 24.5. The fourth-order valence-electron chi connectivity index (χ4n) is 9.52. The Kier molecular flexibility index (Phi) is 6.26. The number of ether oxygens (including phenoxy) is 4. The maximum Gasteiger partial charge on any atom is 0.311 e. The Hall–Kier alpha value is -1.30. The molecule has 0 aromatic heterocycles. The minimum atomic E-state index is -0.793. The van der Waals surface area contributed by atoms with E-state index in [0.29, 0.717) is 23.7 Å². The highest BCUT2D eigenvalue weighted by molar-refractivity contribution is 5.74. The normalized spacial score (nSPS) is 57.8. The summed E-state index contributed by atoms with van der Waals surface area (Å²) in [7, 11) is 0. The number of rotatable bonds is 0. The molecule has 8 saturated heterocycles. The summed E-state index contributed by atoms with van der Waals surface area (Å²) < 4.78 is 23.2. The van der Waals surface area contributed by atoms with Gasteiger partial charge in [0.15, 0.2) is 11.2 Å². The molecule has 40 heavy (non-hydrogen) atoms. The summed E-state index contributed by atoms with van der Waals surface area (Å²) in [4.78, 5) is 47.4. The average Bonchev–Trinajstić information content (AvgIpc) is 3.28. The van der Waals surface area contributed by atoms with E-state index in [2.05, 4.69) is 13.8 Å². The molecule has 224 valence electrons. The molecule has 10 nitrogen and oxygen atoms in total. The maximum absolute atomic E-state index is 12.1. The topological polar surface area (TPSA) is 108 Å². The highest BCUT2D eigenvalue weighted by atomic mass is 17.3. The molecule has 14 atom stereocenters. The van der Waals surface area contributed by atoms with Crippen molar-refractivity contribution in [2.45, 2.75) is 128 Å². The number of esters is 2. The summed E-state index contributed by atoms with van der Waals surface area (Å²) in [5.41, 5.74) is -1.22. The first-order valence-corrected chi connectivity index (χ1v) is 15.4. The van der Waals surface area contributed by atoms with Gasteiger partial charge in [-0.15, -0.1) is 0 Å². The third-order valence-electron chi connectivity index (χ3n) is 11.9. The predicted octanol–water partition coefficient (Wildman–Crippen LogP) is 4.79. The number of carbonyl (C=O) groups excluding carboxylic acids is 2. The van der Waals surface area contributed by atoms with Gasteiger partial charge in [-0.05, 0) is 64.2 Å². The molecule has 8 aliphatic heterocycles. The van der Waals surface area contributed by atoms with Crippen molar-refractivity contribution in [3.05, 3.63) is 0 Å². The first kappa shape index (κ1) is 27.5. The molecule has 10 heteroatoms. The first-order valence-electron chi connectivity index (χ1n) is 15.4. The third-order valence-corrected chi connectivity index (χ3v) is 11.9. The van der Waals surface area contributed by atoms with Crippen molar-refractivity contribution in [2.75, 3.05) is 0 Å². The third kappa shape index (κ3) is 3.68. The predicted molar refractivity (Wildman–Crippen MR) is 136 cm³/mol. The van der Waals surface area contributed by atoms with Gasteiger partial charge in [0.05, 0.1) is 11.8 Å². The van der Waals surface area contributed by atoms with E-state index in [9.17, 15) is 9.59 Å². The highest BCUT2D eigenvalue weighted by Gasteiger charge is 2.71. The molecule has 0 N–H and O–H groups in total. The standard InChI is InChI=1S/2C15H22O5/c2*1-8-4-5-11-9(2)12(16)17-13-15(11)10(8)6-7-14(3,18-13)19-20-15/h2*8-11,13H,4-7H2,1-3H3/t2*8-,9-,10+,11+,13-,14+,15-/m11/s1. The van der Waals surface area contributed by atoms with Gasteiger partial charge in [0, 0.05) is 36.5 Å². The quantitative estimate of drug-likeness (QED) is 0.301. The number of carbonyl (C=O) groups is 2. The molecule has 0 unspecified atom stereocenters. The van der Waals surface area contributed by atoms with E-state index >= 15 is 0 Å². The van der Waals surface area contributed by atoms with Gasteiger partial charge in [-0.3, -0.25) is 9.59 Å². The van der Waals surface area contributed by atoms with Gasteiger partial charge in [0.1, 0.15) is 0 Å². The minimum absolute atomic E-state index is 0.123. The molecule has 8 heterocycles. The van der Waals surface area contributed by atoms with Crippen molar-refractivity contribution in [3.63, 3.8) is 0 Å². The molecule has 10 fully saturated rings. The SMILES string of the molecule is C[C@@H]1CC[C@H]2[C@@H](C)C(=O)O[C@@H]3O[C@]4(C)CC[C@@H]1[C@]32OO4.C[C@@H]1CC[C@H]2[C@@H](C)C(=O)O[C@@H]3O[C@]4(C)CC[C@@H]1[C@]32OO4. The molecular weight excluding hydrogens is 520 g/mol. The summed E-state index contributed by atoms with van der Waals surface area (Å²) in [5, 5.41) is 0. The number of fused-ring (bicyclic) bond motifs is 4. The fraction of sp³-hybridized carbons (Fsp3) is 0.933. The van der Waals surface area contributed by atoms with Gasteiger partial charge in [-0.25, -0.2) is 19.6 Å². The summed E-state index contributed by atoms with van der Waals surface area (Å²) in [6.07, 6.45) is 6.49.